The SMILES string of the molecule is C[C@@H]1CN(C(=O)OC(C)(C)C)CCN1C(=O)[C@@H]1C[C@H]1c1ccc(C(N)=O)cc1. The first-order valence-corrected chi connectivity index (χ1v) is 9.75. The molecule has 1 heterocycles. The number of amides is 3. The minimum atomic E-state index is -0.529. The number of benzene rings is 1. The summed E-state index contributed by atoms with van der Waals surface area (Å²) in [6.07, 6.45) is 0.485. The topological polar surface area (TPSA) is 92.9 Å². The van der Waals surface area contributed by atoms with Gasteiger partial charge in [-0.1, -0.05) is 12.1 Å². The molecule has 28 heavy (non-hydrogen) atoms. The second-order valence-corrected chi connectivity index (χ2v) is 8.74. The van der Waals surface area contributed by atoms with Gasteiger partial charge in [0, 0.05) is 37.2 Å². The van der Waals surface area contributed by atoms with Crippen LogP contribution >= 0.6 is 0 Å². The molecule has 2 aliphatic rings. The van der Waals surface area contributed by atoms with E-state index in [0.717, 1.165) is 12.0 Å². The first kappa shape index (κ1) is 20.2. The molecule has 0 unspecified atom stereocenters. The number of ether oxygens (including phenoxy) is 1. The lowest BCUT2D eigenvalue weighted by Gasteiger charge is -2.40. The van der Waals surface area contributed by atoms with Crippen molar-refractivity contribution in [1.29, 1.82) is 0 Å². The highest BCUT2D eigenvalue weighted by atomic mass is 16.6. The fourth-order valence-electron chi connectivity index (χ4n) is 3.72. The third kappa shape index (κ3) is 4.46. The van der Waals surface area contributed by atoms with Crippen LogP contribution in [-0.2, 0) is 9.53 Å². The lowest BCUT2D eigenvalue weighted by atomic mass is 10.1. The number of rotatable bonds is 3. The van der Waals surface area contributed by atoms with Crippen molar-refractivity contribution in [1.82, 2.24) is 9.80 Å². The van der Waals surface area contributed by atoms with Crippen LogP contribution in [0.25, 0.3) is 0 Å². The van der Waals surface area contributed by atoms with E-state index in [9.17, 15) is 14.4 Å². The van der Waals surface area contributed by atoms with Gasteiger partial charge in [-0.15, -0.1) is 0 Å². The summed E-state index contributed by atoms with van der Waals surface area (Å²) in [6, 6.07) is 7.12. The Morgan fingerprint density at radius 1 is 1.11 bits per heavy atom. The van der Waals surface area contributed by atoms with Crippen molar-refractivity contribution in [3.05, 3.63) is 35.4 Å². The van der Waals surface area contributed by atoms with Gasteiger partial charge in [0.1, 0.15) is 5.60 Å². The smallest absolute Gasteiger partial charge is 0.410 e. The molecule has 2 N–H and O–H groups in total. The molecule has 3 rings (SSSR count). The van der Waals surface area contributed by atoms with Crippen LogP contribution in [0, 0.1) is 5.92 Å². The number of hydrogen-bond acceptors (Lipinski definition) is 4. The van der Waals surface area contributed by atoms with Crippen molar-refractivity contribution in [2.75, 3.05) is 19.6 Å². The Morgan fingerprint density at radius 2 is 1.75 bits per heavy atom. The largest absolute Gasteiger partial charge is 0.444 e. The lowest BCUT2D eigenvalue weighted by Crippen LogP contribution is -2.56. The molecule has 1 aromatic rings. The third-order valence-electron chi connectivity index (χ3n) is 5.29. The lowest BCUT2D eigenvalue weighted by molar-refractivity contribution is -0.137. The summed E-state index contributed by atoms with van der Waals surface area (Å²) in [7, 11) is 0. The van der Waals surface area contributed by atoms with Gasteiger partial charge in [0.25, 0.3) is 0 Å². The zero-order valence-corrected chi connectivity index (χ0v) is 17.0. The molecular formula is C21H29N3O4. The average Bonchev–Trinajstić information content (AvgIpc) is 3.40. The monoisotopic (exact) mass is 387 g/mol. The maximum atomic E-state index is 13.0. The zero-order valence-electron chi connectivity index (χ0n) is 17.0. The number of piperazine rings is 1. The van der Waals surface area contributed by atoms with E-state index in [1.807, 2.05) is 44.7 Å². The Kier molecular flexibility index (Phi) is 5.37. The van der Waals surface area contributed by atoms with E-state index in [-0.39, 0.29) is 29.9 Å². The van der Waals surface area contributed by atoms with E-state index in [4.69, 9.17) is 10.5 Å². The van der Waals surface area contributed by atoms with Crippen LogP contribution in [0.3, 0.4) is 0 Å². The molecule has 1 aromatic carbocycles. The molecule has 1 aliphatic carbocycles. The van der Waals surface area contributed by atoms with Crippen molar-refractivity contribution in [3.8, 4) is 0 Å². The van der Waals surface area contributed by atoms with E-state index in [1.54, 1.807) is 17.0 Å². The molecule has 0 radical (unpaired) electrons. The minimum absolute atomic E-state index is 0.0324. The summed E-state index contributed by atoms with van der Waals surface area (Å²) in [6.45, 7) is 8.98. The number of hydrogen-bond donors (Lipinski definition) is 1. The Labute approximate surface area is 165 Å². The Bertz CT molecular complexity index is 769. The van der Waals surface area contributed by atoms with Gasteiger partial charge < -0.3 is 20.3 Å². The van der Waals surface area contributed by atoms with E-state index < -0.39 is 11.5 Å². The Balaban J connectivity index is 1.56. The molecule has 7 heteroatoms. The summed E-state index contributed by atoms with van der Waals surface area (Å²) >= 11 is 0. The van der Waals surface area contributed by atoms with Crippen LogP contribution in [0.15, 0.2) is 24.3 Å². The summed E-state index contributed by atoms with van der Waals surface area (Å²) < 4.78 is 5.43. The van der Waals surface area contributed by atoms with E-state index in [1.165, 1.54) is 0 Å². The summed E-state index contributed by atoms with van der Waals surface area (Å²) in [5.74, 6) is -0.160. The molecule has 3 amide bonds. The normalized spacial score (nSPS) is 24.6. The Hall–Kier alpha value is -2.57. The van der Waals surface area contributed by atoms with E-state index in [0.29, 0.717) is 25.2 Å². The summed E-state index contributed by atoms with van der Waals surface area (Å²) in [4.78, 5) is 40.0. The highest BCUT2D eigenvalue weighted by Gasteiger charge is 2.47. The first-order chi connectivity index (χ1) is 13.1. The first-order valence-electron chi connectivity index (χ1n) is 9.75. The quantitative estimate of drug-likeness (QED) is 0.862. The van der Waals surface area contributed by atoms with Crippen LogP contribution in [0.4, 0.5) is 4.79 Å². The molecule has 2 fully saturated rings. The third-order valence-corrected chi connectivity index (χ3v) is 5.29. The van der Waals surface area contributed by atoms with E-state index >= 15 is 0 Å². The van der Waals surface area contributed by atoms with Gasteiger partial charge in [0.2, 0.25) is 11.8 Å². The highest BCUT2D eigenvalue weighted by molar-refractivity contribution is 5.92. The molecule has 7 nitrogen and oxygen atoms in total. The van der Waals surface area contributed by atoms with Crippen LogP contribution in [0.5, 0.6) is 0 Å². The maximum absolute atomic E-state index is 13.0. The van der Waals surface area contributed by atoms with Gasteiger partial charge >= 0.3 is 6.09 Å². The van der Waals surface area contributed by atoms with Gasteiger partial charge in [-0.3, -0.25) is 9.59 Å². The maximum Gasteiger partial charge on any atom is 0.410 e. The minimum Gasteiger partial charge on any atom is -0.444 e. The predicted octanol–water partition coefficient (Wildman–Crippen LogP) is 2.36. The number of carbonyl (C=O) groups excluding carboxylic acids is 3. The van der Waals surface area contributed by atoms with Crippen LogP contribution < -0.4 is 5.73 Å². The van der Waals surface area contributed by atoms with Crippen molar-refractivity contribution in [2.24, 2.45) is 11.7 Å². The van der Waals surface area contributed by atoms with Gasteiger partial charge in [0.05, 0.1) is 0 Å². The number of primary amides is 1. The fraction of sp³-hybridized carbons (Fsp3) is 0.571. The van der Waals surface area contributed by atoms with Gasteiger partial charge in [-0.05, 0) is 57.7 Å². The van der Waals surface area contributed by atoms with Crippen LogP contribution in [0.1, 0.15) is 56.0 Å². The summed E-state index contributed by atoms with van der Waals surface area (Å²) in [5.41, 5.74) is 6.27. The molecular weight excluding hydrogens is 358 g/mol. The number of carbonyl (C=O) groups is 3. The second kappa shape index (κ2) is 7.45. The Morgan fingerprint density at radius 3 is 2.29 bits per heavy atom. The fourth-order valence-corrected chi connectivity index (χ4v) is 3.72. The van der Waals surface area contributed by atoms with Crippen molar-refractivity contribution < 1.29 is 19.1 Å². The predicted molar refractivity (Wildman–Crippen MR) is 105 cm³/mol. The number of nitrogens with two attached hydrogens (primary N) is 1. The van der Waals surface area contributed by atoms with Gasteiger partial charge in [0.15, 0.2) is 0 Å². The molecule has 3 atom stereocenters. The summed E-state index contributed by atoms with van der Waals surface area (Å²) in [5, 5.41) is 0. The van der Waals surface area contributed by atoms with Crippen molar-refractivity contribution in [2.45, 2.75) is 51.7 Å². The molecule has 0 bridgehead atoms. The second-order valence-electron chi connectivity index (χ2n) is 8.74. The van der Waals surface area contributed by atoms with Crippen molar-refractivity contribution in [3.63, 3.8) is 0 Å². The molecule has 152 valence electrons. The van der Waals surface area contributed by atoms with Crippen molar-refractivity contribution >= 4 is 17.9 Å². The molecule has 0 aromatic heterocycles. The van der Waals surface area contributed by atoms with E-state index in [2.05, 4.69) is 0 Å². The molecule has 1 aliphatic heterocycles. The van der Waals surface area contributed by atoms with Crippen LogP contribution in [-0.4, -0.2) is 59.0 Å². The average molecular weight is 387 g/mol. The standard InChI is InChI=1S/C21H29N3O4/c1-13-12-23(20(27)28-21(2,3)4)9-10-24(13)19(26)17-11-16(17)14-5-7-15(8-6-14)18(22)25/h5-8,13,16-17H,9-12H2,1-4H3,(H2,22,25)/t13-,16+,17-/m1/s1. The van der Waals surface area contributed by atoms with Crippen LogP contribution in [0.2, 0.25) is 0 Å². The molecule has 1 saturated carbocycles. The molecule has 0 spiro atoms. The highest BCUT2D eigenvalue weighted by Crippen LogP contribution is 2.48. The molecule has 1 saturated heterocycles. The van der Waals surface area contributed by atoms with Gasteiger partial charge in [-0.2, -0.15) is 0 Å². The zero-order chi connectivity index (χ0) is 20.6. The number of nitrogens with zero attached hydrogens (tertiary/aromatic N) is 2. The van der Waals surface area contributed by atoms with Gasteiger partial charge in [-0.25, -0.2) is 4.79 Å².